The first kappa shape index (κ1) is 11.5. The Kier molecular flexibility index (Phi) is 3.53. The normalized spacial score (nSPS) is 22.6. The standard InChI is InChI=1S/C11H14N2O2.ClH/c1-2-8(9-6-12-4-5-13-9)11-10(3-1)14-7-15-11;/h1-3,9,12-13H,4-7H2;1H/t9-;/m0./s1. The number of piperazine rings is 1. The SMILES string of the molecule is Cl.c1cc2c(c([C@@H]3CNCCN3)c1)OCO2. The molecule has 1 atom stereocenters. The summed E-state index contributed by atoms with van der Waals surface area (Å²) in [6.07, 6.45) is 0. The first-order valence-electron chi connectivity index (χ1n) is 5.28. The third kappa shape index (κ3) is 1.96. The summed E-state index contributed by atoms with van der Waals surface area (Å²) in [5.41, 5.74) is 1.19. The van der Waals surface area contributed by atoms with E-state index in [0.717, 1.165) is 31.1 Å². The van der Waals surface area contributed by atoms with Crippen LogP contribution in [0.25, 0.3) is 0 Å². The minimum Gasteiger partial charge on any atom is -0.454 e. The highest BCUT2D eigenvalue weighted by molar-refractivity contribution is 5.85. The minimum absolute atomic E-state index is 0. The molecule has 1 aromatic rings. The van der Waals surface area contributed by atoms with Gasteiger partial charge in [-0.05, 0) is 6.07 Å². The highest BCUT2D eigenvalue weighted by atomic mass is 35.5. The summed E-state index contributed by atoms with van der Waals surface area (Å²) in [6, 6.07) is 6.38. The molecule has 0 aromatic heterocycles. The lowest BCUT2D eigenvalue weighted by Crippen LogP contribution is -2.42. The van der Waals surface area contributed by atoms with Gasteiger partial charge in [-0.2, -0.15) is 0 Å². The number of benzene rings is 1. The molecule has 16 heavy (non-hydrogen) atoms. The molecule has 2 aliphatic rings. The van der Waals surface area contributed by atoms with Gasteiger partial charge in [0.2, 0.25) is 6.79 Å². The zero-order valence-electron chi connectivity index (χ0n) is 8.86. The fraction of sp³-hybridized carbons (Fsp3) is 0.455. The van der Waals surface area contributed by atoms with Crippen molar-refractivity contribution in [2.75, 3.05) is 26.4 Å². The summed E-state index contributed by atoms with van der Waals surface area (Å²) < 4.78 is 10.9. The molecule has 0 bridgehead atoms. The van der Waals surface area contributed by atoms with Gasteiger partial charge in [0, 0.05) is 31.2 Å². The van der Waals surface area contributed by atoms with Crippen LogP contribution in [0.15, 0.2) is 18.2 Å². The molecule has 88 valence electrons. The van der Waals surface area contributed by atoms with Gasteiger partial charge in [-0.3, -0.25) is 0 Å². The summed E-state index contributed by atoms with van der Waals surface area (Å²) in [4.78, 5) is 0. The Balaban J connectivity index is 0.000000963. The third-order valence-corrected chi connectivity index (χ3v) is 2.84. The molecule has 4 nitrogen and oxygen atoms in total. The van der Waals surface area contributed by atoms with E-state index in [1.54, 1.807) is 0 Å². The molecule has 2 N–H and O–H groups in total. The Morgan fingerprint density at radius 1 is 1.19 bits per heavy atom. The molecule has 1 aromatic carbocycles. The van der Waals surface area contributed by atoms with Gasteiger partial charge in [-0.1, -0.05) is 12.1 Å². The van der Waals surface area contributed by atoms with E-state index in [-0.39, 0.29) is 12.4 Å². The van der Waals surface area contributed by atoms with Gasteiger partial charge in [0.1, 0.15) is 0 Å². The van der Waals surface area contributed by atoms with E-state index in [4.69, 9.17) is 9.47 Å². The fourth-order valence-corrected chi connectivity index (χ4v) is 2.10. The second-order valence-electron chi connectivity index (χ2n) is 3.79. The van der Waals surface area contributed by atoms with Crippen molar-refractivity contribution in [1.29, 1.82) is 0 Å². The van der Waals surface area contributed by atoms with Gasteiger partial charge in [-0.25, -0.2) is 0 Å². The summed E-state index contributed by atoms with van der Waals surface area (Å²) >= 11 is 0. The first-order chi connectivity index (χ1) is 7.45. The van der Waals surface area contributed by atoms with Crippen LogP contribution >= 0.6 is 12.4 Å². The van der Waals surface area contributed by atoms with Gasteiger partial charge < -0.3 is 20.1 Å². The van der Waals surface area contributed by atoms with Crippen LogP contribution in [0.1, 0.15) is 11.6 Å². The summed E-state index contributed by atoms with van der Waals surface area (Å²) in [5.74, 6) is 1.76. The second-order valence-corrected chi connectivity index (χ2v) is 3.79. The maximum atomic E-state index is 5.49. The Morgan fingerprint density at radius 2 is 2.12 bits per heavy atom. The average Bonchev–Trinajstić information content (AvgIpc) is 2.78. The van der Waals surface area contributed by atoms with Crippen LogP contribution in [0.2, 0.25) is 0 Å². The molecule has 0 radical (unpaired) electrons. The Morgan fingerprint density at radius 3 is 2.94 bits per heavy atom. The predicted octanol–water partition coefficient (Wildman–Crippen LogP) is 1.07. The largest absolute Gasteiger partial charge is 0.454 e. The van der Waals surface area contributed by atoms with Crippen LogP contribution in [-0.4, -0.2) is 26.4 Å². The van der Waals surface area contributed by atoms with Gasteiger partial charge >= 0.3 is 0 Å². The molecule has 5 heteroatoms. The molecule has 0 unspecified atom stereocenters. The van der Waals surface area contributed by atoms with Crippen LogP contribution in [0.3, 0.4) is 0 Å². The lowest BCUT2D eigenvalue weighted by molar-refractivity contribution is 0.172. The van der Waals surface area contributed by atoms with Gasteiger partial charge in [-0.15, -0.1) is 12.4 Å². The van der Waals surface area contributed by atoms with Crippen LogP contribution in [0.5, 0.6) is 11.5 Å². The van der Waals surface area contributed by atoms with Crippen LogP contribution in [0.4, 0.5) is 0 Å². The topological polar surface area (TPSA) is 42.5 Å². The van der Waals surface area contributed by atoms with Crippen LogP contribution in [-0.2, 0) is 0 Å². The van der Waals surface area contributed by atoms with Crippen LogP contribution < -0.4 is 20.1 Å². The number of para-hydroxylation sites is 1. The van der Waals surface area contributed by atoms with Crippen molar-refractivity contribution < 1.29 is 9.47 Å². The van der Waals surface area contributed by atoms with E-state index in [0.29, 0.717) is 12.8 Å². The smallest absolute Gasteiger partial charge is 0.231 e. The number of hydrogen-bond acceptors (Lipinski definition) is 4. The zero-order chi connectivity index (χ0) is 10.1. The molecule has 2 aliphatic heterocycles. The zero-order valence-corrected chi connectivity index (χ0v) is 9.68. The number of fused-ring (bicyclic) bond motifs is 1. The van der Waals surface area contributed by atoms with E-state index in [1.165, 1.54) is 5.56 Å². The molecular formula is C11H15ClN2O2. The summed E-state index contributed by atoms with van der Waals surface area (Å²) in [7, 11) is 0. The lowest BCUT2D eigenvalue weighted by atomic mass is 10.0. The predicted molar refractivity (Wildman–Crippen MR) is 63.4 cm³/mol. The summed E-state index contributed by atoms with van der Waals surface area (Å²) in [5, 5.41) is 6.83. The maximum Gasteiger partial charge on any atom is 0.231 e. The molecule has 0 aliphatic carbocycles. The first-order valence-corrected chi connectivity index (χ1v) is 5.28. The van der Waals surface area contributed by atoms with Crippen LogP contribution in [0, 0.1) is 0 Å². The molecule has 0 spiro atoms. The van der Waals surface area contributed by atoms with Crippen molar-refractivity contribution in [2.24, 2.45) is 0 Å². The Bertz CT molecular complexity index is 367. The van der Waals surface area contributed by atoms with Crippen molar-refractivity contribution in [2.45, 2.75) is 6.04 Å². The summed E-state index contributed by atoms with van der Waals surface area (Å²) in [6.45, 7) is 3.31. The number of rotatable bonds is 1. The highest BCUT2D eigenvalue weighted by Gasteiger charge is 2.23. The van der Waals surface area contributed by atoms with Crippen molar-refractivity contribution in [3.63, 3.8) is 0 Å². The van der Waals surface area contributed by atoms with Gasteiger partial charge in [0.15, 0.2) is 11.5 Å². The molecular weight excluding hydrogens is 228 g/mol. The molecule has 0 saturated carbocycles. The minimum atomic E-state index is 0. The number of halogens is 1. The van der Waals surface area contributed by atoms with Crippen molar-refractivity contribution in [3.05, 3.63) is 23.8 Å². The highest BCUT2D eigenvalue weighted by Crippen LogP contribution is 2.38. The average molecular weight is 243 g/mol. The molecule has 1 saturated heterocycles. The molecule has 3 rings (SSSR count). The maximum absolute atomic E-state index is 5.49. The number of nitrogens with one attached hydrogen (secondary N) is 2. The van der Waals surface area contributed by atoms with E-state index >= 15 is 0 Å². The Hall–Kier alpha value is -0.970. The monoisotopic (exact) mass is 242 g/mol. The Labute approximate surface area is 101 Å². The lowest BCUT2D eigenvalue weighted by Gasteiger charge is -2.25. The molecule has 0 amide bonds. The van der Waals surface area contributed by atoms with E-state index < -0.39 is 0 Å². The van der Waals surface area contributed by atoms with Gasteiger partial charge in [0.05, 0.1) is 0 Å². The molecule has 2 heterocycles. The number of ether oxygens (including phenoxy) is 2. The van der Waals surface area contributed by atoms with Crippen molar-refractivity contribution in [1.82, 2.24) is 10.6 Å². The van der Waals surface area contributed by atoms with E-state index in [1.807, 2.05) is 12.1 Å². The third-order valence-electron chi connectivity index (χ3n) is 2.84. The number of hydrogen-bond donors (Lipinski definition) is 2. The van der Waals surface area contributed by atoms with Crippen molar-refractivity contribution >= 4 is 12.4 Å². The second kappa shape index (κ2) is 4.91. The van der Waals surface area contributed by atoms with E-state index in [2.05, 4.69) is 16.7 Å². The van der Waals surface area contributed by atoms with E-state index in [9.17, 15) is 0 Å². The van der Waals surface area contributed by atoms with Crippen molar-refractivity contribution in [3.8, 4) is 11.5 Å². The van der Waals surface area contributed by atoms with Gasteiger partial charge in [0.25, 0.3) is 0 Å². The fourth-order valence-electron chi connectivity index (χ4n) is 2.10. The quantitative estimate of drug-likeness (QED) is 0.773. The molecule has 1 fully saturated rings.